The predicted octanol–water partition coefficient (Wildman–Crippen LogP) is 6.25. The van der Waals surface area contributed by atoms with Gasteiger partial charge in [-0.3, -0.25) is 0 Å². The molecular formula is C19H20ClF3N2O2. The molecule has 2 aromatic rings. The summed E-state index contributed by atoms with van der Waals surface area (Å²) in [6.45, 7) is 5.94. The summed E-state index contributed by atoms with van der Waals surface area (Å²) in [5, 5.41) is 2.41. The van der Waals surface area contributed by atoms with Crippen LogP contribution in [-0.4, -0.2) is 24.5 Å². The second-order valence-corrected chi connectivity index (χ2v) is 6.53. The number of nitrogens with zero attached hydrogens (tertiary/aromatic N) is 1. The van der Waals surface area contributed by atoms with E-state index in [9.17, 15) is 18.0 Å². The Hall–Kier alpha value is -2.41. The number of halogens is 4. The average Bonchev–Trinajstić information content (AvgIpc) is 2.59. The Balaban J connectivity index is 2.28. The summed E-state index contributed by atoms with van der Waals surface area (Å²) in [7, 11) is 1.67. The van der Waals surface area contributed by atoms with Crippen LogP contribution >= 0.6 is 11.6 Å². The fourth-order valence-electron chi connectivity index (χ4n) is 2.30. The first-order chi connectivity index (χ1) is 12.5. The van der Waals surface area contributed by atoms with Gasteiger partial charge in [0.25, 0.3) is 0 Å². The molecule has 0 atom stereocenters. The van der Waals surface area contributed by atoms with Gasteiger partial charge in [0.1, 0.15) is 11.5 Å². The van der Waals surface area contributed by atoms with Crippen LogP contribution in [0, 0.1) is 13.8 Å². The quantitative estimate of drug-likeness (QED) is 0.658. The van der Waals surface area contributed by atoms with Crippen LogP contribution in [0.5, 0.6) is 11.5 Å². The number of hydrogen-bond acceptors (Lipinski definition) is 2. The number of nitrogens with one attached hydrogen (secondary N) is 1. The normalized spacial score (nSPS) is 11.3. The van der Waals surface area contributed by atoms with Crippen molar-refractivity contribution >= 4 is 23.3 Å². The van der Waals surface area contributed by atoms with Gasteiger partial charge in [0.15, 0.2) is 0 Å². The van der Waals surface area contributed by atoms with Gasteiger partial charge in [0, 0.05) is 19.3 Å². The van der Waals surface area contributed by atoms with Crippen molar-refractivity contribution in [2.45, 2.75) is 26.9 Å². The SMILES string of the molecule is CCN(C)C(=O)Nc1cc(C)c(Oc2ccc(Cl)c(C(F)(F)F)c2)cc1C. The van der Waals surface area contributed by atoms with E-state index in [4.69, 9.17) is 16.3 Å². The Morgan fingerprint density at radius 3 is 2.44 bits per heavy atom. The summed E-state index contributed by atoms with van der Waals surface area (Å²) in [6.07, 6.45) is -4.57. The summed E-state index contributed by atoms with van der Waals surface area (Å²) in [6, 6.07) is 6.52. The minimum atomic E-state index is -4.57. The van der Waals surface area contributed by atoms with Gasteiger partial charge in [-0.15, -0.1) is 0 Å². The second kappa shape index (κ2) is 8.08. The Morgan fingerprint density at radius 2 is 1.85 bits per heavy atom. The molecule has 8 heteroatoms. The van der Waals surface area contributed by atoms with Crippen LogP contribution in [0.3, 0.4) is 0 Å². The molecule has 1 N–H and O–H groups in total. The molecule has 146 valence electrons. The maximum absolute atomic E-state index is 13.0. The van der Waals surface area contributed by atoms with E-state index in [0.717, 1.165) is 17.7 Å². The number of anilines is 1. The minimum Gasteiger partial charge on any atom is -0.457 e. The van der Waals surface area contributed by atoms with E-state index in [1.54, 1.807) is 33.0 Å². The molecular weight excluding hydrogens is 381 g/mol. The number of amides is 2. The first-order valence-electron chi connectivity index (χ1n) is 8.21. The standard InChI is InChI=1S/C19H20ClF3N2O2/c1-5-25(4)18(26)24-16-8-12(3)17(9-11(16)2)27-13-6-7-15(20)14(10-13)19(21,22)23/h6-10H,5H2,1-4H3,(H,24,26). The third-order valence-corrected chi connectivity index (χ3v) is 4.39. The smallest absolute Gasteiger partial charge is 0.417 e. The molecule has 27 heavy (non-hydrogen) atoms. The van der Waals surface area contributed by atoms with Crippen molar-refractivity contribution in [2.24, 2.45) is 0 Å². The number of urea groups is 1. The lowest BCUT2D eigenvalue weighted by molar-refractivity contribution is -0.137. The highest BCUT2D eigenvalue weighted by Gasteiger charge is 2.33. The Bertz CT molecular complexity index is 854. The lowest BCUT2D eigenvalue weighted by atomic mass is 10.1. The van der Waals surface area contributed by atoms with Crippen LogP contribution in [0.25, 0.3) is 0 Å². The van der Waals surface area contributed by atoms with Gasteiger partial charge in [-0.1, -0.05) is 11.6 Å². The molecule has 0 radical (unpaired) electrons. The van der Waals surface area contributed by atoms with Crippen molar-refractivity contribution < 1.29 is 22.7 Å². The van der Waals surface area contributed by atoms with Gasteiger partial charge in [0.2, 0.25) is 0 Å². The summed E-state index contributed by atoms with van der Waals surface area (Å²) < 4.78 is 44.6. The molecule has 0 aliphatic carbocycles. The van der Waals surface area contributed by atoms with Crippen molar-refractivity contribution in [2.75, 3.05) is 18.9 Å². The summed E-state index contributed by atoms with van der Waals surface area (Å²) in [5.41, 5.74) is 1.04. The van der Waals surface area contributed by atoms with E-state index >= 15 is 0 Å². The van der Waals surface area contributed by atoms with Gasteiger partial charge in [0.05, 0.1) is 10.6 Å². The fraction of sp³-hybridized carbons (Fsp3) is 0.316. The largest absolute Gasteiger partial charge is 0.457 e. The van der Waals surface area contributed by atoms with Crippen LogP contribution in [0.15, 0.2) is 30.3 Å². The molecule has 0 saturated heterocycles. The molecule has 0 saturated carbocycles. The Labute approximate surface area is 160 Å². The van der Waals surface area contributed by atoms with E-state index in [1.165, 1.54) is 11.0 Å². The van der Waals surface area contributed by atoms with Crippen molar-refractivity contribution in [1.29, 1.82) is 0 Å². The average molecular weight is 401 g/mol. The van der Waals surface area contributed by atoms with E-state index in [-0.39, 0.29) is 16.8 Å². The maximum Gasteiger partial charge on any atom is 0.417 e. The van der Waals surface area contributed by atoms with Crippen molar-refractivity contribution in [3.63, 3.8) is 0 Å². The highest BCUT2D eigenvalue weighted by molar-refractivity contribution is 6.31. The van der Waals surface area contributed by atoms with Crippen LogP contribution in [0.4, 0.5) is 23.7 Å². The lowest BCUT2D eigenvalue weighted by Crippen LogP contribution is -2.31. The summed E-state index contributed by atoms with van der Waals surface area (Å²) in [5.74, 6) is 0.418. The monoisotopic (exact) mass is 400 g/mol. The number of aryl methyl sites for hydroxylation is 2. The second-order valence-electron chi connectivity index (χ2n) is 6.12. The summed E-state index contributed by atoms with van der Waals surface area (Å²) >= 11 is 5.63. The predicted molar refractivity (Wildman–Crippen MR) is 99.8 cm³/mol. The third kappa shape index (κ3) is 5.07. The molecule has 0 fully saturated rings. The molecule has 0 spiro atoms. The van der Waals surface area contributed by atoms with Crippen molar-refractivity contribution in [1.82, 2.24) is 4.90 Å². The Morgan fingerprint density at radius 1 is 1.19 bits per heavy atom. The van der Waals surface area contributed by atoms with Crippen molar-refractivity contribution in [3.8, 4) is 11.5 Å². The van der Waals surface area contributed by atoms with E-state index < -0.39 is 11.7 Å². The molecule has 0 unspecified atom stereocenters. The van der Waals surface area contributed by atoms with Crippen LogP contribution < -0.4 is 10.1 Å². The van der Waals surface area contributed by atoms with Crippen molar-refractivity contribution in [3.05, 3.63) is 52.0 Å². The molecule has 2 aromatic carbocycles. The summed E-state index contributed by atoms with van der Waals surface area (Å²) in [4.78, 5) is 13.5. The van der Waals surface area contributed by atoms with Crippen LogP contribution in [0.2, 0.25) is 5.02 Å². The number of rotatable bonds is 4. The number of benzene rings is 2. The molecule has 0 heterocycles. The zero-order valence-electron chi connectivity index (χ0n) is 15.4. The molecule has 4 nitrogen and oxygen atoms in total. The molecule has 0 bridgehead atoms. The first kappa shape index (κ1) is 20.9. The third-order valence-electron chi connectivity index (χ3n) is 4.06. The number of hydrogen-bond donors (Lipinski definition) is 1. The number of ether oxygens (including phenoxy) is 1. The Kier molecular flexibility index (Phi) is 6.26. The van der Waals surface area contributed by atoms with E-state index in [0.29, 0.717) is 23.5 Å². The van der Waals surface area contributed by atoms with Gasteiger partial charge >= 0.3 is 12.2 Å². The fourth-order valence-corrected chi connectivity index (χ4v) is 2.53. The van der Waals surface area contributed by atoms with Gasteiger partial charge in [-0.2, -0.15) is 13.2 Å². The van der Waals surface area contributed by atoms with Crippen LogP contribution in [0.1, 0.15) is 23.6 Å². The lowest BCUT2D eigenvalue weighted by Gasteiger charge is -2.18. The number of carbonyl (C=O) groups is 1. The highest BCUT2D eigenvalue weighted by Crippen LogP contribution is 2.38. The highest BCUT2D eigenvalue weighted by atomic mass is 35.5. The minimum absolute atomic E-state index is 0.0247. The van der Waals surface area contributed by atoms with Gasteiger partial charge < -0.3 is 15.0 Å². The molecule has 0 aliphatic heterocycles. The molecule has 2 rings (SSSR count). The maximum atomic E-state index is 13.0. The van der Waals surface area contributed by atoms with Gasteiger partial charge in [-0.05, 0) is 62.2 Å². The topological polar surface area (TPSA) is 41.6 Å². The molecule has 0 aliphatic rings. The number of carbonyl (C=O) groups excluding carboxylic acids is 1. The zero-order valence-corrected chi connectivity index (χ0v) is 16.1. The number of alkyl halides is 3. The first-order valence-corrected chi connectivity index (χ1v) is 8.58. The zero-order chi connectivity index (χ0) is 20.4. The van der Waals surface area contributed by atoms with Crippen LogP contribution in [-0.2, 0) is 6.18 Å². The van der Waals surface area contributed by atoms with E-state index in [2.05, 4.69) is 5.32 Å². The van der Waals surface area contributed by atoms with Gasteiger partial charge in [-0.25, -0.2) is 4.79 Å². The molecule has 0 aromatic heterocycles. The molecule has 2 amide bonds. The van der Waals surface area contributed by atoms with E-state index in [1.807, 2.05) is 6.92 Å².